The van der Waals surface area contributed by atoms with Crippen molar-refractivity contribution in [3.8, 4) is 0 Å². The average molecular weight is 311 g/mol. The van der Waals surface area contributed by atoms with Gasteiger partial charge >= 0.3 is 0 Å². The van der Waals surface area contributed by atoms with Gasteiger partial charge in [0, 0.05) is 31.2 Å². The van der Waals surface area contributed by atoms with Crippen LogP contribution in [-0.4, -0.2) is 42.2 Å². The van der Waals surface area contributed by atoms with Crippen molar-refractivity contribution >= 4 is 21.8 Å². The lowest BCUT2D eigenvalue weighted by Gasteiger charge is -2.13. The smallest absolute Gasteiger partial charge is 0.262 e. The van der Waals surface area contributed by atoms with Gasteiger partial charge < -0.3 is 9.64 Å². The van der Waals surface area contributed by atoms with Gasteiger partial charge in [0.1, 0.15) is 6.73 Å². The SMILES string of the molecule is COCn1c(=O)c2ccc(CCN(C)C)nc2c2ccccc21. The topological polar surface area (TPSA) is 47.4 Å². The molecule has 3 rings (SSSR count). The van der Waals surface area contributed by atoms with Crippen molar-refractivity contribution in [2.24, 2.45) is 0 Å². The Morgan fingerprint density at radius 1 is 1.13 bits per heavy atom. The second-order valence-electron chi connectivity index (χ2n) is 5.92. The van der Waals surface area contributed by atoms with E-state index in [2.05, 4.69) is 4.90 Å². The van der Waals surface area contributed by atoms with Crippen LogP contribution in [-0.2, 0) is 17.9 Å². The van der Waals surface area contributed by atoms with Crippen LogP contribution in [0, 0.1) is 0 Å². The van der Waals surface area contributed by atoms with Gasteiger partial charge in [-0.25, -0.2) is 0 Å². The second-order valence-corrected chi connectivity index (χ2v) is 5.92. The average Bonchev–Trinajstić information content (AvgIpc) is 2.56. The molecule has 0 saturated heterocycles. The molecule has 23 heavy (non-hydrogen) atoms. The van der Waals surface area contributed by atoms with Crippen molar-refractivity contribution in [1.82, 2.24) is 14.5 Å². The molecule has 0 bridgehead atoms. The van der Waals surface area contributed by atoms with E-state index in [1.54, 1.807) is 11.7 Å². The summed E-state index contributed by atoms with van der Waals surface area (Å²) in [6.45, 7) is 1.16. The molecular weight excluding hydrogens is 290 g/mol. The minimum atomic E-state index is -0.0628. The molecular formula is C18H21N3O2. The molecule has 0 aliphatic rings. The van der Waals surface area contributed by atoms with Crippen molar-refractivity contribution in [1.29, 1.82) is 0 Å². The summed E-state index contributed by atoms with van der Waals surface area (Å²) in [4.78, 5) is 19.6. The zero-order valence-electron chi connectivity index (χ0n) is 13.7. The molecule has 0 saturated carbocycles. The number of aromatic nitrogens is 2. The van der Waals surface area contributed by atoms with E-state index >= 15 is 0 Å². The van der Waals surface area contributed by atoms with Crippen molar-refractivity contribution in [2.45, 2.75) is 13.2 Å². The van der Waals surface area contributed by atoms with Crippen LogP contribution >= 0.6 is 0 Å². The largest absolute Gasteiger partial charge is 0.364 e. The fourth-order valence-electron chi connectivity index (χ4n) is 2.78. The number of hydrogen-bond donors (Lipinski definition) is 0. The molecule has 0 aliphatic carbocycles. The van der Waals surface area contributed by atoms with Crippen molar-refractivity contribution in [2.75, 3.05) is 27.7 Å². The highest BCUT2D eigenvalue weighted by molar-refractivity contribution is 6.03. The van der Waals surface area contributed by atoms with E-state index < -0.39 is 0 Å². The quantitative estimate of drug-likeness (QED) is 0.678. The number of fused-ring (bicyclic) bond motifs is 3. The Morgan fingerprint density at radius 3 is 2.65 bits per heavy atom. The maximum absolute atomic E-state index is 12.7. The first-order valence-corrected chi connectivity index (χ1v) is 7.66. The molecule has 0 radical (unpaired) electrons. The molecule has 1 aromatic carbocycles. The van der Waals surface area contributed by atoms with Gasteiger partial charge in [0.15, 0.2) is 0 Å². The van der Waals surface area contributed by atoms with Crippen LogP contribution in [0.5, 0.6) is 0 Å². The summed E-state index contributed by atoms with van der Waals surface area (Å²) >= 11 is 0. The third-order valence-corrected chi connectivity index (χ3v) is 3.95. The minimum absolute atomic E-state index is 0.0628. The predicted molar refractivity (Wildman–Crippen MR) is 92.8 cm³/mol. The molecule has 3 aromatic rings. The van der Waals surface area contributed by atoms with Gasteiger partial charge in [-0.1, -0.05) is 18.2 Å². The lowest BCUT2D eigenvalue weighted by atomic mass is 10.1. The lowest BCUT2D eigenvalue weighted by Crippen LogP contribution is -2.22. The van der Waals surface area contributed by atoms with Crippen LogP contribution in [0.15, 0.2) is 41.2 Å². The molecule has 2 aromatic heterocycles. The summed E-state index contributed by atoms with van der Waals surface area (Å²) in [6.07, 6.45) is 0.860. The van der Waals surface area contributed by atoms with Crippen LogP contribution in [0.25, 0.3) is 21.8 Å². The summed E-state index contributed by atoms with van der Waals surface area (Å²) in [5.41, 5.74) is 2.56. The molecule has 120 valence electrons. The normalized spacial score (nSPS) is 11.7. The van der Waals surface area contributed by atoms with Gasteiger partial charge in [-0.2, -0.15) is 0 Å². The van der Waals surface area contributed by atoms with Crippen LogP contribution in [0.2, 0.25) is 0 Å². The number of ether oxygens (including phenoxy) is 1. The standard InChI is InChI=1S/C18H21N3O2/c1-20(2)11-10-13-8-9-15-17(19-13)14-6-4-5-7-16(14)21(12-23-3)18(15)22/h4-9H,10-12H2,1-3H3. The highest BCUT2D eigenvalue weighted by Crippen LogP contribution is 2.21. The van der Waals surface area contributed by atoms with Gasteiger partial charge in [-0.3, -0.25) is 14.3 Å². The number of methoxy groups -OCH3 is 1. The number of rotatable bonds is 5. The summed E-state index contributed by atoms with van der Waals surface area (Å²) in [7, 11) is 5.67. The number of benzene rings is 1. The minimum Gasteiger partial charge on any atom is -0.364 e. The molecule has 0 aliphatic heterocycles. The Bertz CT molecular complexity index is 900. The maximum atomic E-state index is 12.7. The van der Waals surface area contributed by atoms with Crippen LogP contribution in [0.3, 0.4) is 0 Å². The third-order valence-electron chi connectivity index (χ3n) is 3.95. The highest BCUT2D eigenvalue weighted by atomic mass is 16.5. The predicted octanol–water partition coefficient (Wildman–Crippen LogP) is 2.26. The van der Waals surface area contributed by atoms with Crippen molar-refractivity contribution < 1.29 is 4.74 Å². The Balaban J connectivity index is 2.25. The van der Waals surface area contributed by atoms with Crippen LogP contribution < -0.4 is 5.56 Å². The van der Waals surface area contributed by atoms with Crippen LogP contribution in [0.4, 0.5) is 0 Å². The Kier molecular flexibility index (Phi) is 4.41. The molecule has 0 unspecified atom stereocenters. The molecule has 0 fully saturated rings. The summed E-state index contributed by atoms with van der Waals surface area (Å²) in [5, 5.41) is 1.61. The molecule has 0 atom stereocenters. The maximum Gasteiger partial charge on any atom is 0.262 e. The van der Waals surface area contributed by atoms with E-state index in [9.17, 15) is 4.79 Å². The fourth-order valence-corrected chi connectivity index (χ4v) is 2.78. The van der Waals surface area contributed by atoms with Gasteiger partial charge in [0.2, 0.25) is 0 Å². The summed E-state index contributed by atoms with van der Waals surface area (Å²) < 4.78 is 6.84. The first-order valence-electron chi connectivity index (χ1n) is 7.66. The van der Waals surface area contributed by atoms with Crippen LogP contribution in [0.1, 0.15) is 5.69 Å². The first kappa shape index (κ1) is 15.6. The van der Waals surface area contributed by atoms with Gasteiger partial charge in [0.25, 0.3) is 5.56 Å². The number of para-hydroxylation sites is 1. The molecule has 2 heterocycles. The molecule has 5 heteroatoms. The molecule has 5 nitrogen and oxygen atoms in total. The second kappa shape index (κ2) is 6.48. The highest BCUT2D eigenvalue weighted by Gasteiger charge is 2.12. The number of pyridine rings is 2. The van der Waals surface area contributed by atoms with E-state index in [0.29, 0.717) is 5.39 Å². The van der Waals surface area contributed by atoms with Crippen molar-refractivity contribution in [3.63, 3.8) is 0 Å². The zero-order chi connectivity index (χ0) is 16.4. The lowest BCUT2D eigenvalue weighted by molar-refractivity contribution is 0.132. The Hall–Kier alpha value is -2.24. The number of hydrogen-bond acceptors (Lipinski definition) is 4. The van der Waals surface area contributed by atoms with Gasteiger partial charge in [-0.05, 0) is 32.3 Å². The number of nitrogens with zero attached hydrogens (tertiary/aromatic N) is 3. The molecule has 0 amide bonds. The molecule has 0 N–H and O–H groups in total. The van der Waals surface area contributed by atoms with Crippen molar-refractivity contribution in [3.05, 3.63) is 52.4 Å². The van der Waals surface area contributed by atoms with Gasteiger partial charge in [0.05, 0.1) is 16.4 Å². The van der Waals surface area contributed by atoms with E-state index in [4.69, 9.17) is 9.72 Å². The number of likely N-dealkylation sites (N-methyl/N-ethyl adjacent to an activating group) is 1. The van der Waals surface area contributed by atoms with Gasteiger partial charge in [-0.15, -0.1) is 0 Å². The van der Waals surface area contributed by atoms with E-state index in [1.165, 1.54) is 0 Å². The van der Waals surface area contributed by atoms with E-state index in [1.807, 2.05) is 50.5 Å². The monoisotopic (exact) mass is 311 g/mol. The van der Waals surface area contributed by atoms with E-state index in [0.717, 1.165) is 35.1 Å². The Labute approximate surface area is 135 Å². The molecule has 0 spiro atoms. The third kappa shape index (κ3) is 2.98. The first-order chi connectivity index (χ1) is 11.1. The Morgan fingerprint density at radius 2 is 1.91 bits per heavy atom. The van der Waals surface area contributed by atoms with E-state index in [-0.39, 0.29) is 12.3 Å². The fraction of sp³-hybridized carbons (Fsp3) is 0.333. The zero-order valence-corrected chi connectivity index (χ0v) is 13.7. The summed E-state index contributed by atoms with van der Waals surface area (Å²) in [5.74, 6) is 0. The summed E-state index contributed by atoms with van der Waals surface area (Å²) in [6, 6.07) is 11.7.